The third-order valence-electron chi connectivity index (χ3n) is 4.92. The van der Waals surface area contributed by atoms with Crippen LogP contribution in [-0.4, -0.2) is 35.9 Å². The first kappa shape index (κ1) is 21.6. The Hall–Kier alpha value is -3.14. The molecule has 0 bridgehead atoms. The number of halogens is 1. The van der Waals surface area contributed by atoms with E-state index in [-0.39, 0.29) is 5.91 Å². The largest absolute Gasteiger partial charge is 0.383 e. The number of amides is 1. The van der Waals surface area contributed by atoms with E-state index in [1.165, 1.54) is 0 Å². The third kappa shape index (κ3) is 4.70. The highest BCUT2D eigenvalue weighted by molar-refractivity contribution is 6.31. The Labute approximate surface area is 181 Å². The molecule has 1 N–H and O–H groups in total. The molecule has 30 heavy (non-hydrogen) atoms. The zero-order valence-electron chi connectivity index (χ0n) is 17.2. The fourth-order valence-electron chi connectivity index (χ4n) is 3.30. The summed E-state index contributed by atoms with van der Waals surface area (Å²) in [7, 11) is 1.60. The molecule has 1 amide bonds. The average Bonchev–Trinajstić information content (AvgIpc) is 3.02. The standard InChI is InChI=1S/C23H23ClN4O2/c1-15-21(12-17-5-4-6-18(11-17)23(29)26-9-10-30-3)16(2)28(27-15)20-8-7-19(14-25)22(24)13-20/h4-8,11,13H,9-10,12H2,1-3H3,(H,26,29). The Morgan fingerprint density at radius 2 is 2.07 bits per heavy atom. The lowest BCUT2D eigenvalue weighted by Gasteiger charge is -2.08. The molecule has 3 aromatic rings. The molecule has 0 radical (unpaired) electrons. The predicted molar refractivity (Wildman–Crippen MR) is 116 cm³/mol. The number of hydrogen-bond acceptors (Lipinski definition) is 4. The molecule has 1 heterocycles. The number of ether oxygens (including phenoxy) is 1. The third-order valence-corrected chi connectivity index (χ3v) is 5.23. The summed E-state index contributed by atoms with van der Waals surface area (Å²) >= 11 is 6.19. The number of nitrogens with zero attached hydrogens (tertiary/aromatic N) is 3. The summed E-state index contributed by atoms with van der Waals surface area (Å²) in [6.45, 7) is 4.91. The number of aromatic nitrogens is 2. The fraction of sp³-hybridized carbons (Fsp3) is 0.261. The van der Waals surface area contributed by atoms with E-state index in [4.69, 9.17) is 21.6 Å². The average molecular weight is 423 g/mol. The van der Waals surface area contributed by atoms with Gasteiger partial charge in [-0.05, 0) is 49.7 Å². The van der Waals surface area contributed by atoms with Crippen LogP contribution in [0, 0.1) is 25.2 Å². The summed E-state index contributed by atoms with van der Waals surface area (Å²) in [6, 6.07) is 14.9. The van der Waals surface area contributed by atoms with Crippen molar-refractivity contribution < 1.29 is 9.53 Å². The van der Waals surface area contributed by atoms with Crippen LogP contribution in [-0.2, 0) is 11.2 Å². The molecule has 0 aliphatic heterocycles. The Kier molecular flexibility index (Phi) is 6.88. The molecular weight excluding hydrogens is 400 g/mol. The lowest BCUT2D eigenvalue weighted by atomic mass is 10.0. The first-order valence-corrected chi connectivity index (χ1v) is 9.93. The number of carbonyl (C=O) groups excluding carboxylic acids is 1. The Morgan fingerprint density at radius 1 is 1.27 bits per heavy atom. The van der Waals surface area contributed by atoms with Crippen LogP contribution in [0.2, 0.25) is 5.02 Å². The van der Waals surface area contributed by atoms with E-state index >= 15 is 0 Å². The molecule has 0 unspecified atom stereocenters. The fourth-order valence-corrected chi connectivity index (χ4v) is 3.52. The molecule has 0 aliphatic rings. The molecule has 0 saturated heterocycles. The van der Waals surface area contributed by atoms with Gasteiger partial charge in [-0.1, -0.05) is 23.7 Å². The van der Waals surface area contributed by atoms with E-state index in [1.807, 2.05) is 42.8 Å². The van der Waals surface area contributed by atoms with Gasteiger partial charge >= 0.3 is 0 Å². The molecular formula is C23H23ClN4O2. The van der Waals surface area contributed by atoms with E-state index in [2.05, 4.69) is 16.5 Å². The van der Waals surface area contributed by atoms with Gasteiger partial charge in [0.25, 0.3) is 5.91 Å². The van der Waals surface area contributed by atoms with Crippen LogP contribution in [0.3, 0.4) is 0 Å². The number of nitriles is 1. The maximum Gasteiger partial charge on any atom is 0.251 e. The summed E-state index contributed by atoms with van der Waals surface area (Å²) in [5.74, 6) is -0.120. The zero-order chi connectivity index (χ0) is 21.7. The molecule has 7 heteroatoms. The number of aryl methyl sites for hydroxylation is 1. The van der Waals surface area contributed by atoms with Crippen molar-refractivity contribution in [3.8, 4) is 11.8 Å². The van der Waals surface area contributed by atoms with Crippen molar-refractivity contribution >= 4 is 17.5 Å². The summed E-state index contributed by atoms with van der Waals surface area (Å²) in [5.41, 5.74) is 5.86. The van der Waals surface area contributed by atoms with Crippen LogP contribution in [0.25, 0.3) is 5.69 Å². The first-order chi connectivity index (χ1) is 14.4. The van der Waals surface area contributed by atoms with E-state index < -0.39 is 0 Å². The van der Waals surface area contributed by atoms with Crippen LogP contribution >= 0.6 is 11.6 Å². The SMILES string of the molecule is COCCNC(=O)c1cccc(Cc2c(C)nn(-c3ccc(C#N)c(Cl)c3)c2C)c1. The molecule has 0 fully saturated rings. The minimum Gasteiger partial charge on any atom is -0.383 e. The predicted octanol–water partition coefficient (Wildman–Crippen LogP) is 3.98. The smallest absolute Gasteiger partial charge is 0.251 e. The van der Waals surface area contributed by atoms with E-state index in [0.29, 0.717) is 35.7 Å². The van der Waals surface area contributed by atoms with E-state index in [1.54, 1.807) is 25.3 Å². The molecule has 0 aliphatic carbocycles. The highest BCUT2D eigenvalue weighted by Gasteiger charge is 2.15. The molecule has 2 aromatic carbocycles. The van der Waals surface area contributed by atoms with Crippen LogP contribution < -0.4 is 5.32 Å². The van der Waals surface area contributed by atoms with Crippen molar-refractivity contribution in [3.63, 3.8) is 0 Å². The van der Waals surface area contributed by atoms with Gasteiger partial charge < -0.3 is 10.1 Å². The van der Waals surface area contributed by atoms with Crippen molar-refractivity contribution in [2.45, 2.75) is 20.3 Å². The molecule has 1 aromatic heterocycles. The van der Waals surface area contributed by atoms with Gasteiger partial charge in [-0.15, -0.1) is 0 Å². The van der Waals surface area contributed by atoms with Crippen molar-refractivity contribution in [3.05, 3.63) is 81.1 Å². The van der Waals surface area contributed by atoms with Crippen molar-refractivity contribution in [1.82, 2.24) is 15.1 Å². The van der Waals surface area contributed by atoms with Crippen LogP contribution in [0.4, 0.5) is 0 Å². The number of carbonyl (C=O) groups is 1. The number of methoxy groups -OCH3 is 1. The van der Waals surface area contributed by atoms with Crippen molar-refractivity contribution in [1.29, 1.82) is 5.26 Å². The second-order valence-electron chi connectivity index (χ2n) is 6.96. The van der Waals surface area contributed by atoms with Gasteiger partial charge in [0.1, 0.15) is 6.07 Å². The maximum atomic E-state index is 12.3. The number of rotatable bonds is 7. The molecule has 154 valence electrons. The molecule has 3 rings (SSSR count). The second-order valence-corrected chi connectivity index (χ2v) is 7.37. The zero-order valence-corrected chi connectivity index (χ0v) is 18.0. The highest BCUT2D eigenvalue weighted by Crippen LogP contribution is 2.24. The highest BCUT2D eigenvalue weighted by atomic mass is 35.5. The maximum absolute atomic E-state index is 12.3. The van der Waals surface area contributed by atoms with Crippen LogP contribution in [0.15, 0.2) is 42.5 Å². The van der Waals surface area contributed by atoms with Gasteiger partial charge in [0, 0.05) is 36.9 Å². The van der Waals surface area contributed by atoms with Gasteiger partial charge in [0.15, 0.2) is 0 Å². The van der Waals surface area contributed by atoms with Gasteiger partial charge in [-0.2, -0.15) is 10.4 Å². The molecule has 0 spiro atoms. The summed E-state index contributed by atoms with van der Waals surface area (Å²) < 4.78 is 6.80. The normalized spacial score (nSPS) is 10.6. The number of hydrogen-bond donors (Lipinski definition) is 1. The topological polar surface area (TPSA) is 79.9 Å². The Bertz CT molecular complexity index is 1110. The monoisotopic (exact) mass is 422 g/mol. The van der Waals surface area contributed by atoms with Crippen molar-refractivity contribution in [2.24, 2.45) is 0 Å². The quantitative estimate of drug-likeness (QED) is 0.584. The van der Waals surface area contributed by atoms with Crippen LogP contribution in [0.5, 0.6) is 0 Å². The molecule has 0 saturated carbocycles. The Morgan fingerprint density at radius 3 is 2.77 bits per heavy atom. The lowest BCUT2D eigenvalue weighted by Crippen LogP contribution is -2.26. The summed E-state index contributed by atoms with van der Waals surface area (Å²) in [4.78, 5) is 12.3. The van der Waals surface area contributed by atoms with E-state index in [0.717, 1.165) is 28.2 Å². The van der Waals surface area contributed by atoms with Crippen molar-refractivity contribution in [2.75, 3.05) is 20.3 Å². The minimum atomic E-state index is -0.120. The lowest BCUT2D eigenvalue weighted by molar-refractivity contribution is 0.0937. The number of nitrogens with one attached hydrogen (secondary N) is 1. The van der Waals surface area contributed by atoms with Crippen LogP contribution in [0.1, 0.15) is 38.4 Å². The van der Waals surface area contributed by atoms with Gasteiger partial charge in [0.2, 0.25) is 0 Å². The van der Waals surface area contributed by atoms with Gasteiger partial charge in [0.05, 0.1) is 28.6 Å². The van der Waals surface area contributed by atoms with E-state index in [9.17, 15) is 4.79 Å². The van der Waals surface area contributed by atoms with Gasteiger partial charge in [-0.25, -0.2) is 4.68 Å². The minimum absolute atomic E-state index is 0.120. The number of benzene rings is 2. The Balaban J connectivity index is 1.85. The second kappa shape index (κ2) is 9.57. The first-order valence-electron chi connectivity index (χ1n) is 9.55. The summed E-state index contributed by atoms with van der Waals surface area (Å²) in [6.07, 6.45) is 0.654. The molecule has 0 atom stereocenters. The summed E-state index contributed by atoms with van der Waals surface area (Å²) in [5, 5.41) is 17.0. The van der Waals surface area contributed by atoms with Gasteiger partial charge in [-0.3, -0.25) is 4.79 Å². The molecule has 6 nitrogen and oxygen atoms in total.